The molecule has 31 heavy (non-hydrogen) atoms. The molecule has 156 valence electrons. The number of amides is 1. The van der Waals surface area contributed by atoms with Crippen molar-refractivity contribution in [3.05, 3.63) is 84.6 Å². The summed E-state index contributed by atoms with van der Waals surface area (Å²) in [6.45, 7) is 2.55. The Morgan fingerprint density at radius 2 is 1.81 bits per heavy atom. The van der Waals surface area contributed by atoms with Gasteiger partial charge in [0.15, 0.2) is 5.76 Å². The number of methoxy groups -OCH3 is 1. The van der Waals surface area contributed by atoms with Crippen molar-refractivity contribution in [2.45, 2.75) is 6.92 Å². The highest BCUT2D eigenvalue weighted by Gasteiger charge is 2.17. The number of nitrogens with zero attached hydrogens (tertiary/aromatic N) is 1. The first-order chi connectivity index (χ1) is 15.2. The van der Waals surface area contributed by atoms with Crippen molar-refractivity contribution in [3.63, 3.8) is 0 Å². The molecule has 4 rings (SSSR count). The Bertz CT molecular complexity index is 1180. The second kappa shape index (κ2) is 9.17. The molecule has 0 aliphatic carbocycles. The van der Waals surface area contributed by atoms with Crippen LogP contribution in [-0.4, -0.2) is 24.6 Å². The Hall–Kier alpha value is -4.06. The van der Waals surface area contributed by atoms with E-state index < -0.39 is 0 Å². The van der Waals surface area contributed by atoms with Crippen LogP contribution in [0.5, 0.6) is 11.5 Å². The molecule has 0 saturated carbocycles. The molecule has 0 aliphatic rings. The van der Waals surface area contributed by atoms with Gasteiger partial charge in [0.25, 0.3) is 5.91 Å². The predicted molar refractivity (Wildman–Crippen MR) is 119 cm³/mol. The van der Waals surface area contributed by atoms with Crippen LogP contribution in [0.2, 0.25) is 0 Å². The molecule has 0 atom stereocenters. The Balaban J connectivity index is 1.59. The number of anilines is 1. The SMILES string of the molecule is CCOc1ccc(-c2cnc(-c3ccccc3C(=O)Nc3cccc(OC)c3)o2)cc1. The average molecular weight is 414 g/mol. The Morgan fingerprint density at radius 3 is 2.58 bits per heavy atom. The van der Waals surface area contributed by atoms with Crippen molar-refractivity contribution in [1.82, 2.24) is 4.98 Å². The number of carbonyl (C=O) groups is 1. The van der Waals surface area contributed by atoms with Gasteiger partial charge in [-0.3, -0.25) is 4.79 Å². The lowest BCUT2D eigenvalue weighted by atomic mass is 10.1. The summed E-state index contributed by atoms with van der Waals surface area (Å²) in [5, 5.41) is 2.90. The number of hydrogen-bond donors (Lipinski definition) is 1. The molecule has 0 aliphatic heterocycles. The smallest absolute Gasteiger partial charge is 0.256 e. The van der Waals surface area contributed by atoms with E-state index in [1.807, 2.05) is 55.5 Å². The molecular formula is C25H22N2O4. The number of nitrogens with one attached hydrogen (secondary N) is 1. The third kappa shape index (κ3) is 4.59. The molecule has 0 radical (unpaired) electrons. The molecule has 1 amide bonds. The fourth-order valence-electron chi connectivity index (χ4n) is 3.18. The van der Waals surface area contributed by atoms with Crippen LogP contribution >= 0.6 is 0 Å². The molecular weight excluding hydrogens is 392 g/mol. The number of benzene rings is 3. The zero-order chi connectivity index (χ0) is 21.6. The van der Waals surface area contributed by atoms with Crippen LogP contribution < -0.4 is 14.8 Å². The maximum absolute atomic E-state index is 12.9. The van der Waals surface area contributed by atoms with E-state index in [4.69, 9.17) is 13.9 Å². The largest absolute Gasteiger partial charge is 0.497 e. The number of ether oxygens (including phenoxy) is 2. The van der Waals surface area contributed by atoms with E-state index in [9.17, 15) is 4.79 Å². The van der Waals surface area contributed by atoms with Crippen molar-refractivity contribution in [1.29, 1.82) is 0 Å². The molecule has 1 N–H and O–H groups in total. The van der Waals surface area contributed by atoms with Gasteiger partial charge in [0.05, 0.1) is 25.5 Å². The van der Waals surface area contributed by atoms with Gasteiger partial charge in [-0.1, -0.05) is 18.2 Å². The second-order valence-corrected chi connectivity index (χ2v) is 6.72. The van der Waals surface area contributed by atoms with Gasteiger partial charge in [0.2, 0.25) is 5.89 Å². The molecule has 0 fully saturated rings. The van der Waals surface area contributed by atoms with E-state index >= 15 is 0 Å². The maximum Gasteiger partial charge on any atom is 0.256 e. The molecule has 0 unspecified atom stereocenters. The van der Waals surface area contributed by atoms with Crippen molar-refractivity contribution >= 4 is 11.6 Å². The number of aromatic nitrogens is 1. The van der Waals surface area contributed by atoms with Gasteiger partial charge in [-0.05, 0) is 55.5 Å². The van der Waals surface area contributed by atoms with Crippen molar-refractivity contribution < 1.29 is 18.7 Å². The first kappa shape index (κ1) is 20.2. The lowest BCUT2D eigenvalue weighted by Crippen LogP contribution is -2.13. The summed E-state index contributed by atoms with van der Waals surface area (Å²) in [5.74, 6) is 2.19. The highest BCUT2D eigenvalue weighted by atomic mass is 16.5. The lowest BCUT2D eigenvalue weighted by molar-refractivity contribution is 0.102. The Labute approximate surface area is 180 Å². The van der Waals surface area contributed by atoms with Gasteiger partial charge in [0, 0.05) is 22.9 Å². The van der Waals surface area contributed by atoms with Crippen LogP contribution in [0, 0.1) is 0 Å². The normalized spacial score (nSPS) is 10.5. The molecule has 1 aromatic heterocycles. The number of hydrogen-bond acceptors (Lipinski definition) is 5. The van der Waals surface area contributed by atoms with Gasteiger partial charge >= 0.3 is 0 Å². The summed E-state index contributed by atoms with van der Waals surface area (Å²) in [6.07, 6.45) is 1.65. The van der Waals surface area contributed by atoms with Gasteiger partial charge in [-0.2, -0.15) is 0 Å². The maximum atomic E-state index is 12.9. The van der Waals surface area contributed by atoms with E-state index in [0.717, 1.165) is 11.3 Å². The summed E-state index contributed by atoms with van der Waals surface area (Å²) < 4.78 is 16.7. The topological polar surface area (TPSA) is 73.6 Å². The van der Waals surface area contributed by atoms with E-state index in [-0.39, 0.29) is 5.91 Å². The van der Waals surface area contributed by atoms with E-state index in [0.29, 0.717) is 40.8 Å². The highest BCUT2D eigenvalue weighted by Crippen LogP contribution is 2.30. The summed E-state index contributed by atoms with van der Waals surface area (Å²) >= 11 is 0. The molecule has 0 spiro atoms. The third-order valence-electron chi connectivity index (χ3n) is 4.69. The average Bonchev–Trinajstić information content (AvgIpc) is 3.30. The van der Waals surface area contributed by atoms with Crippen LogP contribution in [0.3, 0.4) is 0 Å². The number of carbonyl (C=O) groups excluding carboxylic acids is 1. The number of rotatable bonds is 7. The van der Waals surface area contributed by atoms with Crippen molar-refractivity contribution in [3.8, 4) is 34.3 Å². The summed E-state index contributed by atoms with van der Waals surface area (Å²) in [7, 11) is 1.58. The molecule has 6 nitrogen and oxygen atoms in total. The van der Waals surface area contributed by atoms with E-state index in [2.05, 4.69) is 10.3 Å². The lowest BCUT2D eigenvalue weighted by Gasteiger charge is -2.09. The first-order valence-corrected chi connectivity index (χ1v) is 9.92. The van der Waals surface area contributed by atoms with Crippen LogP contribution in [0.25, 0.3) is 22.8 Å². The molecule has 4 aromatic rings. The fourth-order valence-corrected chi connectivity index (χ4v) is 3.18. The first-order valence-electron chi connectivity index (χ1n) is 9.92. The zero-order valence-electron chi connectivity index (χ0n) is 17.3. The summed E-state index contributed by atoms with van der Waals surface area (Å²) in [6, 6.07) is 22.0. The second-order valence-electron chi connectivity index (χ2n) is 6.72. The van der Waals surface area contributed by atoms with Crippen LogP contribution in [0.15, 0.2) is 83.4 Å². The third-order valence-corrected chi connectivity index (χ3v) is 4.69. The van der Waals surface area contributed by atoms with Gasteiger partial charge < -0.3 is 19.2 Å². The molecule has 0 saturated heterocycles. The van der Waals surface area contributed by atoms with E-state index in [1.165, 1.54) is 0 Å². The number of oxazole rings is 1. The molecule has 1 heterocycles. The van der Waals surface area contributed by atoms with Crippen LogP contribution in [0.1, 0.15) is 17.3 Å². The fraction of sp³-hybridized carbons (Fsp3) is 0.120. The van der Waals surface area contributed by atoms with Crippen LogP contribution in [0.4, 0.5) is 5.69 Å². The standard InChI is InChI=1S/C25H22N2O4/c1-3-30-19-13-11-17(12-14-19)23-16-26-25(31-23)22-10-5-4-9-21(22)24(28)27-18-7-6-8-20(15-18)29-2/h4-16H,3H2,1-2H3,(H,27,28). The predicted octanol–water partition coefficient (Wildman–Crippen LogP) is 5.67. The molecule has 0 bridgehead atoms. The highest BCUT2D eigenvalue weighted by molar-refractivity contribution is 6.08. The minimum atomic E-state index is -0.260. The van der Waals surface area contributed by atoms with E-state index in [1.54, 1.807) is 37.6 Å². The minimum absolute atomic E-state index is 0.260. The molecule has 6 heteroatoms. The van der Waals surface area contributed by atoms with Gasteiger partial charge in [-0.25, -0.2) is 4.98 Å². The minimum Gasteiger partial charge on any atom is -0.497 e. The van der Waals surface area contributed by atoms with Gasteiger partial charge in [0.1, 0.15) is 11.5 Å². The van der Waals surface area contributed by atoms with Crippen LogP contribution in [-0.2, 0) is 0 Å². The summed E-state index contributed by atoms with van der Waals surface area (Å²) in [5.41, 5.74) is 2.59. The van der Waals surface area contributed by atoms with Gasteiger partial charge in [-0.15, -0.1) is 0 Å². The summed E-state index contributed by atoms with van der Waals surface area (Å²) in [4.78, 5) is 17.3. The van der Waals surface area contributed by atoms with Crippen molar-refractivity contribution in [2.75, 3.05) is 19.0 Å². The molecule has 3 aromatic carbocycles. The zero-order valence-corrected chi connectivity index (χ0v) is 17.3. The quantitative estimate of drug-likeness (QED) is 0.422. The Morgan fingerprint density at radius 1 is 1.00 bits per heavy atom. The monoisotopic (exact) mass is 414 g/mol. The van der Waals surface area contributed by atoms with Crippen molar-refractivity contribution in [2.24, 2.45) is 0 Å². The Kier molecular flexibility index (Phi) is 5.98.